The molecule has 0 bridgehead atoms. The Kier molecular flexibility index (Phi) is 3.42. The third-order valence-corrected chi connectivity index (χ3v) is 0.630. The van der Waals surface area contributed by atoms with Gasteiger partial charge in [-0.05, 0) is 0 Å². The van der Waals surface area contributed by atoms with E-state index in [0.717, 1.165) is 0 Å². The van der Waals surface area contributed by atoms with Crippen molar-refractivity contribution in [2.24, 2.45) is 0 Å². The van der Waals surface area contributed by atoms with Crippen molar-refractivity contribution in [3.63, 3.8) is 0 Å². The normalized spacial score (nSPS) is 7.50. The number of nitrogens with two attached hydrogens (primary N) is 1. The molecule has 0 saturated heterocycles. The van der Waals surface area contributed by atoms with E-state index in [4.69, 9.17) is 5.84 Å². The van der Waals surface area contributed by atoms with Gasteiger partial charge >= 0.3 is 6.33 Å². The summed E-state index contributed by atoms with van der Waals surface area (Å²) >= 11 is 0. The van der Waals surface area contributed by atoms with Gasteiger partial charge in [0.15, 0.2) is 0 Å². The number of halogens is 1. The van der Waals surface area contributed by atoms with Gasteiger partial charge in [-0.3, -0.25) is 5.84 Å². The summed E-state index contributed by atoms with van der Waals surface area (Å²) in [6.45, 7) is 0. The Morgan fingerprint density at radius 2 is 2.25 bits per heavy atom. The molecule has 2 N–H and O–H groups in total. The van der Waals surface area contributed by atoms with E-state index in [-0.39, 0.29) is 24.0 Å². The zero-order valence-corrected chi connectivity index (χ0v) is 6.32. The molecule has 0 aliphatic carbocycles. The molecule has 0 unspecified atom stereocenters. The smallest absolute Gasteiger partial charge is 0.308 e. The summed E-state index contributed by atoms with van der Waals surface area (Å²) < 4.78 is 1.39. The Labute approximate surface area is 64.5 Å². The molecule has 0 spiro atoms. The summed E-state index contributed by atoms with van der Waals surface area (Å²) in [5.74, 6) is 5.21. The van der Waals surface area contributed by atoms with Crippen LogP contribution < -0.4 is 34.5 Å². The fourth-order valence-corrected chi connectivity index (χ4v) is 0.342. The van der Waals surface area contributed by atoms with Gasteiger partial charge in [-0.25, -0.2) is 0 Å². The summed E-state index contributed by atoms with van der Waals surface area (Å²) in [4.78, 5) is 3.72. The fraction of sp³-hybridized carbons (Fsp3) is 0. The van der Waals surface area contributed by atoms with Crippen LogP contribution in [-0.4, -0.2) is 4.98 Å². The predicted octanol–water partition coefficient (Wildman–Crippen LogP) is -3.91. The molecular formula is C4H6IN3. The monoisotopic (exact) mass is 223 g/mol. The Hall–Kier alpha value is -0.390. The van der Waals surface area contributed by atoms with Gasteiger partial charge in [-0.1, -0.05) is 4.98 Å². The number of hydrogen-bond acceptors (Lipinski definition) is 2. The lowest BCUT2D eigenvalue weighted by Gasteiger charge is -1.78. The quantitative estimate of drug-likeness (QED) is 0.277. The number of hydrogen-bond donors (Lipinski definition) is 1. The van der Waals surface area contributed by atoms with Gasteiger partial charge in [0.25, 0.3) is 0 Å². The highest BCUT2D eigenvalue weighted by Gasteiger charge is 1.80. The van der Waals surface area contributed by atoms with Gasteiger partial charge < -0.3 is 24.0 Å². The Bertz CT molecular complexity index is 141. The maximum atomic E-state index is 5.21. The first-order valence-corrected chi connectivity index (χ1v) is 1.96. The molecule has 0 fully saturated rings. The van der Waals surface area contributed by atoms with E-state index in [1.807, 2.05) is 0 Å². The van der Waals surface area contributed by atoms with Crippen LogP contribution in [0.4, 0.5) is 0 Å². The van der Waals surface area contributed by atoms with E-state index in [1.165, 1.54) is 11.0 Å². The second kappa shape index (κ2) is 3.59. The minimum absolute atomic E-state index is 0. The molecule has 8 heavy (non-hydrogen) atoms. The van der Waals surface area contributed by atoms with Gasteiger partial charge in [0, 0.05) is 6.07 Å². The van der Waals surface area contributed by atoms with Crippen molar-refractivity contribution in [1.29, 1.82) is 0 Å². The lowest BCUT2D eigenvalue weighted by Crippen LogP contribution is -3.00. The van der Waals surface area contributed by atoms with E-state index in [9.17, 15) is 0 Å². The highest BCUT2D eigenvalue weighted by molar-refractivity contribution is 4.68. The largest absolute Gasteiger partial charge is 1.00 e. The number of nitrogens with zero attached hydrogens (tertiary/aromatic N) is 2. The van der Waals surface area contributed by atoms with Gasteiger partial charge in [0.05, 0.1) is 0 Å². The van der Waals surface area contributed by atoms with Crippen LogP contribution >= 0.6 is 0 Å². The van der Waals surface area contributed by atoms with Gasteiger partial charge in [0.1, 0.15) is 12.4 Å². The summed E-state index contributed by atoms with van der Waals surface area (Å²) in [5, 5.41) is 0. The Balaban J connectivity index is 0.000000490. The topological polar surface area (TPSA) is 42.8 Å². The molecule has 0 aliphatic rings. The van der Waals surface area contributed by atoms with E-state index >= 15 is 0 Å². The van der Waals surface area contributed by atoms with Crippen LogP contribution in [0.25, 0.3) is 0 Å². The van der Waals surface area contributed by atoms with Crippen molar-refractivity contribution in [2.75, 3.05) is 5.84 Å². The third-order valence-electron chi connectivity index (χ3n) is 0.630. The molecule has 0 amide bonds. The van der Waals surface area contributed by atoms with E-state index < -0.39 is 0 Å². The minimum Gasteiger partial charge on any atom is -1.00 e. The minimum atomic E-state index is 0. The van der Waals surface area contributed by atoms with Gasteiger partial charge in [-0.15, -0.1) is 4.68 Å². The highest BCUT2D eigenvalue weighted by atomic mass is 127. The molecular weight excluding hydrogens is 217 g/mol. The maximum absolute atomic E-state index is 5.21. The lowest BCUT2D eigenvalue weighted by molar-refractivity contribution is -0.642. The van der Waals surface area contributed by atoms with E-state index in [1.54, 1.807) is 18.5 Å². The van der Waals surface area contributed by atoms with Crippen molar-refractivity contribution in [3.8, 4) is 0 Å². The van der Waals surface area contributed by atoms with Crippen molar-refractivity contribution >= 4 is 0 Å². The second-order valence-corrected chi connectivity index (χ2v) is 1.20. The summed E-state index contributed by atoms with van der Waals surface area (Å²) in [6.07, 6.45) is 4.91. The van der Waals surface area contributed by atoms with Gasteiger partial charge in [-0.2, -0.15) is 0 Å². The molecule has 0 atom stereocenters. The predicted molar refractivity (Wildman–Crippen MR) is 24.6 cm³/mol. The molecule has 1 aromatic rings. The van der Waals surface area contributed by atoms with Crippen molar-refractivity contribution in [1.82, 2.24) is 4.98 Å². The molecule has 1 heterocycles. The summed E-state index contributed by atoms with van der Waals surface area (Å²) in [7, 11) is 0. The molecule has 0 aliphatic heterocycles. The van der Waals surface area contributed by atoms with Crippen LogP contribution in [0.2, 0.25) is 0 Å². The van der Waals surface area contributed by atoms with E-state index in [0.29, 0.717) is 0 Å². The van der Waals surface area contributed by atoms with Crippen LogP contribution in [0, 0.1) is 0 Å². The molecule has 1 aromatic heterocycles. The van der Waals surface area contributed by atoms with Crippen LogP contribution in [0.1, 0.15) is 0 Å². The number of rotatable bonds is 0. The average molecular weight is 223 g/mol. The Morgan fingerprint density at radius 3 is 2.50 bits per heavy atom. The van der Waals surface area contributed by atoms with Crippen molar-refractivity contribution < 1.29 is 28.7 Å². The van der Waals surface area contributed by atoms with Crippen molar-refractivity contribution in [3.05, 3.63) is 24.8 Å². The Morgan fingerprint density at radius 1 is 1.50 bits per heavy atom. The van der Waals surface area contributed by atoms with Gasteiger partial charge in [0.2, 0.25) is 0 Å². The molecule has 0 saturated carbocycles. The summed E-state index contributed by atoms with van der Waals surface area (Å²) in [6, 6.07) is 1.76. The summed E-state index contributed by atoms with van der Waals surface area (Å²) in [5.41, 5.74) is 0. The third kappa shape index (κ3) is 2.06. The van der Waals surface area contributed by atoms with Crippen LogP contribution in [-0.2, 0) is 0 Å². The molecule has 44 valence electrons. The first-order chi connectivity index (χ1) is 3.39. The zero-order valence-electron chi connectivity index (χ0n) is 4.16. The lowest BCUT2D eigenvalue weighted by atomic mass is 10.7. The van der Waals surface area contributed by atoms with Crippen molar-refractivity contribution in [2.45, 2.75) is 0 Å². The molecule has 0 radical (unpaired) electrons. The molecule has 3 nitrogen and oxygen atoms in total. The van der Waals surface area contributed by atoms with Crippen LogP contribution in [0.5, 0.6) is 0 Å². The fourth-order valence-electron chi connectivity index (χ4n) is 0.342. The number of aromatic nitrogens is 2. The van der Waals surface area contributed by atoms with Crippen LogP contribution in [0.15, 0.2) is 24.8 Å². The standard InChI is InChI=1S/C4H6N3.HI/c5-7-3-1-2-6-4-7;/h1-4H,5H2;1H/q+1;/p-1. The average Bonchev–Trinajstić information content (AvgIpc) is 1.69. The molecule has 0 aromatic carbocycles. The van der Waals surface area contributed by atoms with E-state index in [2.05, 4.69) is 4.98 Å². The van der Waals surface area contributed by atoms with Crippen LogP contribution in [0.3, 0.4) is 0 Å². The number of nitrogen functional groups attached to an aromatic ring is 1. The second-order valence-electron chi connectivity index (χ2n) is 1.20. The first-order valence-electron chi connectivity index (χ1n) is 1.96. The highest BCUT2D eigenvalue weighted by Crippen LogP contribution is 1.62. The molecule has 1 rings (SSSR count). The zero-order chi connectivity index (χ0) is 5.11. The first kappa shape index (κ1) is 7.61. The molecule has 4 heteroatoms. The SMILES string of the molecule is N[n+]1cccnc1.[I-]. The maximum Gasteiger partial charge on any atom is 0.308 e.